The molecule has 0 aromatic rings. The highest BCUT2D eigenvalue weighted by molar-refractivity contribution is 5.93. The van der Waals surface area contributed by atoms with Gasteiger partial charge >= 0.3 is 0 Å². The summed E-state index contributed by atoms with van der Waals surface area (Å²) in [4.78, 5) is 22.0. The van der Waals surface area contributed by atoms with Gasteiger partial charge in [0.1, 0.15) is 12.1 Å². The molecule has 0 radical (unpaired) electrons. The lowest BCUT2D eigenvalue weighted by Gasteiger charge is -2.37. The zero-order valence-electron chi connectivity index (χ0n) is 8.51. The third-order valence-electron chi connectivity index (χ3n) is 3.63. The molecule has 1 fully saturated rings. The molecule has 0 N–H and O–H groups in total. The average molecular weight is 182 g/mol. The van der Waals surface area contributed by atoms with Gasteiger partial charge in [-0.2, -0.15) is 0 Å². The summed E-state index contributed by atoms with van der Waals surface area (Å²) < 4.78 is 0. The second kappa shape index (κ2) is 4.03. The van der Waals surface area contributed by atoms with Crippen LogP contribution in [0.2, 0.25) is 0 Å². The minimum atomic E-state index is -0.311. The molecule has 1 aliphatic carbocycles. The first-order valence-electron chi connectivity index (χ1n) is 5.15. The number of aldehydes is 1. The number of ketones is 1. The van der Waals surface area contributed by atoms with Gasteiger partial charge in [0.2, 0.25) is 0 Å². The molecular weight excluding hydrogens is 164 g/mol. The van der Waals surface area contributed by atoms with Gasteiger partial charge < -0.3 is 4.79 Å². The van der Waals surface area contributed by atoms with Crippen molar-refractivity contribution in [2.45, 2.75) is 46.0 Å². The SMILES string of the molecule is CCC1(CC)CCC(=O)C(C=O)C1. The molecule has 13 heavy (non-hydrogen) atoms. The average Bonchev–Trinajstić information content (AvgIpc) is 2.19. The van der Waals surface area contributed by atoms with E-state index in [1.807, 2.05) is 0 Å². The lowest BCUT2D eigenvalue weighted by Crippen LogP contribution is -2.34. The summed E-state index contributed by atoms with van der Waals surface area (Å²) >= 11 is 0. The molecule has 2 nitrogen and oxygen atoms in total. The van der Waals surface area contributed by atoms with E-state index in [1.54, 1.807) is 0 Å². The summed E-state index contributed by atoms with van der Waals surface area (Å²) in [6.45, 7) is 4.31. The van der Waals surface area contributed by atoms with Crippen LogP contribution in [0.1, 0.15) is 46.0 Å². The van der Waals surface area contributed by atoms with E-state index in [-0.39, 0.29) is 17.1 Å². The molecule has 0 bridgehead atoms. The predicted octanol–water partition coefficient (Wildman–Crippen LogP) is 2.36. The van der Waals surface area contributed by atoms with Crippen molar-refractivity contribution < 1.29 is 9.59 Å². The fourth-order valence-electron chi connectivity index (χ4n) is 2.27. The number of hydrogen-bond donors (Lipinski definition) is 0. The van der Waals surface area contributed by atoms with Crippen molar-refractivity contribution in [3.8, 4) is 0 Å². The summed E-state index contributed by atoms with van der Waals surface area (Å²) in [6, 6.07) is 0. The van der Waals surface area contributed by atoms with Crippen LogP contribution >= 0.6 is 0 Å². The Morgan fingerprint density at radius 3 is 2.54 bits per heavy atom. The van der Waals surface area contributed by atoms with Crippen molar-refractivity contribution in [2.75, 3.05) is 0 Å². The Morgan fingerprint density at radius 1 is 1.46 bits per heavy atom. The second-order valence-electron chi connectivity index (χ2n) is 4.12. The van der Waals surface area contributed by atoms with Crippen LogP contribution in [-0.4, -0.2) is 12.1 Å². The maximum atomic E-state index is 11.3. The zero-order valence-corrected chi connectivity index (χ0v) is 8.51. The first kappa shape index (κ1) is 10.4. The molecule has 2 heteroatoms. The molecule has 0 aliphatic heterocycles. The number of Topliss-reactive ketones (excluding diaryl/α,β-unsaturated/α-hetero) is 1. The molecule has 0 aromatic carbocycles. The highest BCUT2D eigenvalue weighted by Crippen LogP contribution is 2.42. The summed E-state index contributed by atoms with van der Waals surface area (Å²) in [5, 5.41) is 0. The maximum Gasteiger partial charge on any atom is 0.143 e. The summed E-state index contributed by atoms with van der Waals surface area (Å²) in [5.74, 6) is -0.166. The van der Waals surface area contributed by atoms with Crippen LogP contribution < -0.4 is 0 Å². The Morgan fingerprint density at radius 2 is 2.08 bits per heavy atom. The van der Waals surface area contributed by atoms with Crippen LogP contribution in [0, 0.1) is 11.3 Å². The standard InChI is InChI=1S/C11H18O2/c1-3-11(4-2)6-5-10(13)9(7-11)8-12/h8-9H,3-7H2,1-2H3. The van der Waals surface area contributed by atoms with Crippen LogP contribution in [0.3, 0.4) is 0 Å². The van der Waals surface area contributed by atoms with E-state index in [4.69, 9.17) is 0 Å². The quantitative estimate of drug-likeness (QED) is 0.496. The van der Waals surface area contributed by atoms with Crippen molar-refractivity contribution in [1.29, 1.82) is 0 Å². The minimum absolute atomic E-state index is 0.146. The molecule has 1 aliphatic rings. The van der Waals surface area contributed by atoms with Crippen LogP contribution in [0.4, 0.5) is 0 Å². The fourth-order valence-corrected chi connectivity index (χ4v) is 2.27. The third kappa shape index (κ3) is 1.98. The van der Waals surface area contributed by atoms with Gasteiger partial charge in [-0.1, -0.05) is 26.7 Å². The number of carbonyl (C=O) groups is 2. The van der Waals surface area contributed by atoms with E-state index in [9.17, 15) is 9.59 Å². The Kier molecular flexibility index (Phi) is 3.23. The first-order valence-corrected chi connectivity index (χ1v) is 5.15. The Balaban J connectivity index is 2.72. The Bertz CT molecular complexity index is 204. The largest absolute Gasteiger partial charge is 0.303 e. The van der Waals surface area contributed by atoms with Crippen molar-refractivity contribution in [2.24, 2.45) is 11.3 Å². The molecule has 1 rings (SSSR count). The lowest BCUT2D eigenvalue weighted by molar-refractivity contribution is -0.132. The van der Waals surface area contributed by atoms with E-state index in [1.165, 1.54) is 0 Å². The lowest BCUT2D eigenvalue weighted by atomic mass is 9.66. The molecule has 0 heterocycles. The van der Waals surface area contributed by atoms with Crippen LogP contribution in [-0.2, 0) is 9.59 Å². The molecule has 0 aromatic heterocycles. The highest BCUT2D eigenvalue weighted by atomic mass is 16.1. The van der Waals surface area contributed by atoms with Gasteiger partial charge in [-0.05, 0) is 18.3 Å². The van der Waals surface area contributed by atoms with Crippen LogP contribution in [0.25, 0.3) is 0 Å². The van der Waals surface area contributed by atoms with E-state index in [2.05, 4.69) is 13.8 Å². The monoisotopic (exact) mass is 182 g/mol. The second-order valence-corrected chi connectivity index (χ2v) is 4.12. The number of rotatable bonds is 3. The number of carbonyl (C=O) groups excluding carboxylic acids is 2. The van der Waals surface area contributed by atoms with Gasteiger partial charge in [-0.3, -0.25) is 4.79 Å². The molecular formula is C11H18O2. The van der Waals surface area contributed by atoms with E-state index in [0.29, 0.717) is 6.42 Å². The summed E-state index contributed by atoms with van der Waals surface area (Å²) in [7, 11) is 0. The van der Waals surface area contributed by atoms with Crippen molar-refractivity contribution in [1.82, 2.24) is 0 Å². The normalized spacial score (nSPS) is 27.2. The van der Waals surface area contributed by atoms with Gasteiger partial charge in [-0.15, -0.1) is 0 Å². The topological polar surface area (TPSA) is 34.1 Å². The van der Waals surface area contributed by atoms with Gasteiger partial charge in [0, 0.05) is 6.42 Å². The van der Waals surface area contributed by atoms with Gasteiger partial charge in [0.15, 0.2) is 0 Å². The smallest absolute Gasteiger partial charge is 0.143 e. The third-order valence-corrected chi connectivity index (χ3v) is 3.63. The Hall–Kier alpha value is -0.660. The molecule has 1 unspecified atom stereocenters. The van der Waals surface area contributed by atoms with Crippen molar-refractivity contribution in [3.63, 3.8) is 0 Å². The molecule has 1 saturated carbocycles. The fraction of sp³-hybridized carbons (Fsp3) is 0.818. The minimum Gasteiger partial charge on any atom is -0.303 e. The van der Waals surface area contributed by atoms with Gasteiger partial charge in [0.05, 0.1) is 5.92 Å². The number of hydrogen-bond acceptors (Lipinski definition) is 2. The van der Waals surface area contributed by atoms with Crippen molar-refractivity contribution in [3.05, 3.63) is 0 Å². The Labute approximate surface area is 79.7 Å². The maximum absolute atomic E-state index is 11.3. The predicted molar refractivity (Wildman–Crippen MR) is 51.4 cm³/mol. The van der Waals surface area contributed by atoms with E-state index in [0.717, 1.165) is 32.0 Å². The van der Waals surface area contributed by atoms with E-state index < -0.39 is 0 Å². The zero-order chi connectivity index (χ0) is 9.90. The molecule has 0 amide bonds. The molecule has 0 saturated heterocycles. The molecule has 74 valence electrons. The van der Waals surface area contributed by atoms with Gasteiger partial charge in [-0.25, -0.2) is 0 Å². The van der Waals surface area contributed by atoms with Gasteiger partial charge in [0.25, 0.3) is 0 Å². The highest BCUT2D eigenvalue weighted by Gasteiger charge is 2.37. The van der Waals surface area contributed by atoms with E-state index >= 15 is 0 Å². The van der Waals surface area contributed by atoms with Crippen LogP contribution in [0.5, 0.6) is 0 Å². The van der Waals surface area contributed by atoms with Crippen LogP contribution in [0.15, 0.2) is 0 Å². The first-order chi connectivity index (χ1) is 6.17. The summed E-state index contributed by atoms with van der Waals surface area (Å²) in [6.07, 6.45) is 5.36. The molecule has 0 spiro atoms. The van der Waals surface area contributed by atoms with Crippen molar-refractivity contribution >= 4 is 12.1 Å². The molecule has 1 atom stereocenters. The summed E-state index contributed by atoms with van der Waals surface area (Å²) in [5.41, 5.74) is 0.263.